The van der Waals surface area contributed by atoms with Gasteiger partial charge < -0.3 is 20.1 Å². The maximum Gasteiger partial charge on any atom is 0.191 e. The van der Waals surface area contributed by atoms with Crippen molar-refractivity contribution in [3.05, 3.63) is 0 Å². The highest BCUT2D eigenvalue weighted by Gasteiger charge is 2.33. The molecule has 0 bridgehead atoms. The number of guanidine groups is 1. The molecule has 6 heteroatoms. The number of halogens is 1. The Bertz CT molecular complexity index is 329. The first kappa shape index (κ1) is 21.9. The van der Waals surface area contributed by atoms with Crippen molar-refractivity contribution in [2.45, 2.75) is 51.6 Å². The van der Waals surface area contributed by atoms with Crippen molar-refractivity contribution in [2.24, 2.45) is 10.4 Å². The third-order valence-electron chi connectivity index (χ3n) is 4.59. The molecule has 0 aromatic rings. The van der Waals surface area contributed by atoms with Crippen LogP contribution in [0.1, 0.15) is 46.0 Å². The monoisotopic (exact) mass is 427 g/mol. The minimum absolute atomic E-state index is 0. The van der Waals surface area contributed by atoms with Crippen molar-refractivity contribution in [3.8, 4) is 0 Å². The Morgan fingerprint density at radius 1 is 1.18 bits per heavy atom. The van der Waals surface area contributed by atoms with Gasteiger partial charge in [-0.25, -0.2) is 0 Å². The van der Waals surface area contributed by atoms with E-state index in [0.717, 1.165) is 32.1 Å². The van der Waals surface area contributed by atoms with Crippen LogP contribution >= 0.6 is 24.0 Å². The second kappa shape index (κ2) is 10.6. The number of aliphatic imine (C=N–C) groups is 1. The highest BCUT2D eigenvalue weighted by atomic mass is 127. The Labute approximate surface area is 153 Å². The molecule has 1 fully saturated rings. The second-order valence-electron chi connectivity index (χ2n) is 6.69. The summed E-state index contributed by atoms with van der Waals surface area (Å²) in [7, 11) is 5.32. The van der Waals surface area contributed by atoms with Gasteiger partial charge in [0.1, 0.15) is 0 Å². The molecule has 0 saturated heterocycles. The largest absolute Gasteiger partial charge is 0.385 e. The van der Waals surface area contributed by atoms with Crippen LogP contribution in [0, 0.1) is 5.41 Å². The van der Waals surface area contributed by atoms with Crippen LogP contribution in [0.3, 0.4) is 0 Å². The first-order chi connectivity index (χ1) is 9.97. The third kappa shape index (κ3) is 7.46. The number of nitrogens with zero attached hydrogens (tertiary/aromatic N) is 1. The van der Waals surface area contributed by atoms with Gasteiger partial charge in [-0.1, -0.05) is 12.8 Å². The maximum absolute atomic E-state index is 5.42. The van der Waals surface area contributed by atoms with E-state index in [-0.39, 0.29) is 29.6 Å². The van der Waals surface area contributed by atoms with Gasteiger partial charge in [-0.05, 0) is 38.5 Å². The molecular weight excluding hydrogens is 393 g/mol. The number of nitrogens with one attached hydrogen (secondary N) is 2. The molecule has 0 heterocycles. The predicted octanol–water partition coefficient (Wildman–Crippen LogP) is 2.79. The van der Waals surface area contributed by atoms with E-state index in [0.29, 0.717) is 5.41 Å². The summed E-state index contributed by atoms with van der Waals surface area (Å²) in [5.74, 6) is 0.851. The van der Waals surface area contributed by atoms with Crippen LogP contribution in [-0.2, 0) is 9.47 Å². The summed E-state index contributed by atoms with van der Waals surface area (Å²) in [5.41, 5.74) is 0.170. The summed E-state index contributed by atoms with van der Waals surface area (Å²) in [6.07, 6.45) is 6.34. The SMILES string of the molecule is CN=C(NCC1(CCOC)CCCC1)NCC(C)(C)OC.I. The molecule has 0 spiro atoms. The average Bonchev–Trinajstić information content (AvgIpc) is 2.94. The van der Waals surface area contributed by atoms with Crippen molar-refractivity contribution >= 4 is 29.9 Å². The summed E-state index contributed by atoms with van der Waals surface area (Å²) < 4.78 is 10.7. The van der Waals surface area contributed by atoms with Crippen LogP contribution < -0.4 is 10.6 Å². The lowest BCUT2D eigenvalue weighted by Gasteiger charge is -2.30. The zero-order valence-corrected chi connectivity index (χ0v) is 17.2. The van der Waals surface area contributed by atoms with Gasteiger partial charge in [0.05, 0.1) is 5.60 Å². The fraction of sp³-hybridized carbons (Fsp3) is 0.938. The van der Waals surface area contributed by atoms with Gasteiger partial charge in [-0.15, -0.1) is 24.0 Å². The number of hydrogen-bond donors (Lipinski definition) is 2. The van der Waals surface area contributed by atoms with Crippen molar-refractivity contribution < 1.29 is 9.47 Å². The van der Waals surface area contributed by atoms with Gasteiger partial charge in [-0.3, -0.25) is 4.99 Å². The highest BCUT2D eigenvalue weighted by molar-refractivity contribution is 14.0. The molecule has 132 valence electrons. The summed E-state index contributed by atoms with van der Waals surface area (Å²) in [5, 5.41) is 6.83. The quantitative estimate of drug-likeness (QED) is 0.356. The molecule has 0 atom stereocenters. The third-order valence-corrected chi connectivity index (χ3v) is 4.59. The van der Waals surface area contributed by atoms with Gasteiger partial charge in [-0.2, -0.15) is 0 Å². The van der Waals surface area contributed by atoms with E-state index in [2.05, 4.69) is 29.5 Å². The summed E-state index contributed by atoms with van der Waals surface area (Å²) in [4.78, 5) is 4.31. The minimum Gasteiger partial charge on any atom is -0.385 e. The van der Waals surface area contributed by atoms with E-state index < -0.39 is 0 Å². The Kier molecular flexibility index (Phi) is 10.6. The molecule has 0 aliphatic heterocycles. The fourth-order valence-electron chi connectivity index (χ4n) is 2.82. The van der Waals surface area contributed by atoms with E-state index in [1.807, 2.05) is 7.05 Å². The van der Waals surface area contributed by atoms with Crippen molar-refractivity contribution in [3.63, 3.8) is 0 Å². The van der Waals surface area contributed by atoms with Gasteiger partial charge >= 0.3 is 0 Å². The van der Waals surface area contributed by atoms with E-state index >= 15 is 0 Å². The molecule has 1 rings (SSSR count). The lowest BCUT2D eigenvalue weighted by molar-refractivity contribution is 0.0268. The lowest BCUT2D eigenvalue weighted by atomic mass is 9.83. The average molecular weight is 427 g/mol. The van der Waals surface area contributed by atoms with Crippen LogP contribution in [0.5, 0.6) is 0 Å². The molecule has 1 aliphatic carbocycles. The van der Waals surface area contributed by atoms with E-state index in [1.54, 1.807) is 14.2 Å². The fourth-order valence-corrected chi connectivity index (χ4v) is 2.82. The first-order valence-electron chi connectivity index (χ1n) is 7.95. The summed E-state index contributed by atoms with van der Waals surface area (Å²) in [6, 6.07) is 0. The standard InChI is InChI=1S/C16H33N3O2.HI/c1-15(2,21-5)12-18-14(17-3)19-13-16(10-11-20-4)8-6-7-9-16;/h6-13H2,1-5H3,(H2,17,18,19);1H. The number of methoxy groups -OCH3 is 2. The van der Waals surface area contributed by atoms with Crippen LogP contribution in [0.2, 0.25) is 0 Å². The van der Waals surface area contributed by atoms with E-state index in [9.17, 15) is 0 Å². The second-order valence-corrected chi connectivity index (χ2v) is 6.69. The number of ether oxygens (including phenoxy) is 2. The predicted molar refractivity (Wildman–Crippen MR) is 103 cm³/mol. The van der Waals surface area contributed by atoms with Gasteiger partial charge in [0, 0.05) is 41.0 Å². The molecule has 22 heavy (non-hydrogen) atoms. The zero-order chi connectivity index (χ0) is 15.8. The zero-order valence-electron chi connectivity index (χ0n) is 14.8. The molecule has 0 radical (unpaired) electrons. The molecule has 1 saturated carbocycles. The van der Waals surface area contributed by atoms with E-state index in [4.69, 9.17) is 9.47 Å². The normalized spacial score (nSPS) is 18.0. The minimum atomic E-state index is -0.196. The van der Waals surface area contributed by atoms with Crippen molar-refractivity contribution in [2.75, 3.05) is 41.0 Å². The summed E-state index contributed by atoms with van der Waals surface area (Å²) >= 11 is 0. The van der Waals surface area contributed by atoms with Crippen molar-refractivity contribution in [1.29, 1.82) is 0 Å². The molecule has 1 aliphatic rings. The molecule has 0 aromatic heterocycles. The first-order valence-corrected chi connectivity index (χ1v) is 7.95. The topological polar surface area (TPSA) is 54.9 Å². The lowest BCUT2D eigenvalue weighted by Crippen LogP contribution is -2.48. The molecule has 0 aromatic carbocycles. The molecule has 2 N–H and O–H groups in total. The smallest absolute Gasteiger partial charge is 0.191 e. The molecule has 0 amide bonds. The molecule has 0 unspecified atom stereocenters. The maximum atomic E-state index is 5.42. The van der Waals surface area contributed by atoms with E-state index in [1.165, 1.54) is 25.7 Å². The Morgan fingerprint density at radius 3 is 2.32 bits per heavy atom. The van der Waals surface area contributed by atoms with Gasteiger partial charge in [0.25, 0.3) is 0 Å². The number of rotatable bonds is 8. The Hall–Kier alpha value is -0.0800. The summed E-state index contributed by atoms with van der Waals surface area (Å²) in [6.45, 7) is 6.65. The van der Waals surface area contributed by atoms with Crippen molar-refractivity contribution in [1.82, 2.24) is 10.6 Å². The van der Waals surface area contributed by atoms with Crippen LogP contribution in [-0.4, -0.2) is 52.5 Å². The Morgan fingerprint density at radius 2 is 1.82 bits per heavy atom. The van der Waals surface area contributed by atoms with Gasteiger partial charge in [0.15, 0.2) is 5.96 Å². The van der Waals surface area contributed by atoms with Crippen LogP contribution in [0.25, 0.3) is 0 Å². The highest BCUT2D eigenvalue weighted by Crippen LogP contribution is 2.40. The molecule has 5 nitrogen and oxygen atoms in total. The van der Waals surface area contributed by atoms with Crippen LogP contribution in [0.15, 0.2) is 4.99 Å². The molecular formula is C16H34IN3O2. The van der Waals surface area contributed by atoms with Crippen LogP contribution in [0.4, 0.5) is 0 Å². The Balaban J connectivity index is 0.00000441. The van der Waals surface area contributed by atoms with Gasteiger partial charge in [0.2, 0.25) is 0 Å². The number of hydrogen-bond acceptors (Lipinski definition) is 3.